The number of benzene rings is 2. The summed E-state index contributed by atoms with van der Waals surface area (Å²) in [5.41, 5.74) is 7.59. The highest BCUT2D eigenvalue weighted by Crippen LogP contribution is 2.21. The van der Waals surface area contributed by atoms with Crippen molar-refractivity contribution < 1.29 is 14.7 Å². The fourth-order valence-corrected chi connectivity index (χ4v) is 2.54. The summed E-state index contributed by atoms with van der Waals surface area (Å²) >= 11 is 0. The molecule has 5 nitrogen and oxygen atoms in total. The van der Waals surface area contributed by atoms with Gasteiger partial charge in [0.25, 0.3) is 0 Å². The number of hydrogen-bond acceptors (Lipinski definition) is 2. The van der Waals surface area contributed by atoms with Crippen molar-refractivity contribution in [1.82, 2.24) is 4.57 Å². The van der Waals surface area contributed by atoms with Gasteiger partial charge in [-0.05, 0) is 29.8 Å². The Hall–Kier alpha value is -3.08. The number of hydrogen-bond donors (Lipinski definition) is 2. The number of nitrogens with two attached hydrogens (primary N) is 1. The number of aromatic nitrogens is 1. The van der Waals surface area contributed by atoms with E-state index in [1.165, 1.54) is 0 Å². The summed E-state index contributed by atoms with van der Waals surface area (Å²) in [6.07, 6.45) is 1.86. The van der Waals surface area contributed by atoms with Gasteiger partial charge in [0.2, 0.25) is 5.91 Å². The summed E-state index contributed by atoms with van der Waals surface area (Å²) in [5, 5.41) is 10.2. The van der Waals surface area contributed by atoms with E-state index in [0.29, 0.717) is 17.6 Å². The van der Waals surface area contributed by atoms with Crippen LogP contribution < -0.4 is 5.73 Å². The van der Waals surface area contributed by atoms with E-state index in [9.17, 15) is 14.7 Å². The Morgan fingerprint density at radius 1 is 1.05 bits per heavy atom. The lowest BCUT2D eigenvalue weighted by Gasteiger charge is -2.08. The molecule has 0 fully saturated rings. The summed E-state index contributed by atoms with van der Waals surface area (Å²) in [6.45, 7) is 0.521. The molecule has 0 aliphatic carbocycles. The number of nitrogens with zero attached hydrogens (tertiary/aromatic N) is 1. The monoisotopic (exact) mass is 294 g/mol. The zero-order valence-electron chi connectivity index (χ0n) is 11.7. The molecule has 2 aromatic carbocycles. The normalized spacial score (nSPS) is 10.7. The molecule has 1 aromatic heterocycles. The number of amides is 1. The molecule has 0 spiro atoms. The van der Waals surface area contributed by atoms with Gasteiger partial charge in [-0.25, -0.2) is 4.79 Å². The van der Waals surface area contributed by atoms with E-state index in [0.717, 1.165) is 10.9 Å². The molecule has 5 heteroatoms. The van der Waals surface area contributed by atoms with Crippen molar-refractivity contribution in [3.63, 3.8) is 0 Å². The van der Waals surface area contributed by atoms with Crippen LogP contribution >= 0.6 is 0 Å². The van der Waals surface area contributed by atoms with Gasteiger partial charge in [-0.15, -0.1) is 0 Å². The molecule has 0 bridgehead atoms. The molecule has 1 heterocycles. The molecule has 3 rings (SSSR count). The number of fused-ring (bicyclic) bond motifs is 1. The van der Waals surface area contributed by atoms with Crippen molar-refractivity contribution in [1.29, 1.82) is 0 Å². The summed E-state index contributed by atoms with van der Waals surface area (Å²) in [4.78, 5) is 22.4. The van der Waals surface area contributed by atoms with E-state index in [1.807, 2.05) is 35.0 Å². The molecule has 0 aliphatic heterocycles. The second-order valence-electron chi connectivity index (χ2n) is 5.05. The second-order valence-corrected chi connectivity index (χ2v) is 5.05. The Morgan fingerprint density at radius 3 is 2.41 bits per heavy atom. The van der Waals surface area contributed by atoms with Gasteiger partial charge >= 0.3 is 5.97 Å². The van der Waals surface area contributed by atoms with E-state index in [-0.39, 0.29) is 5.56 Å². The first-order valence-corrected chi connectivity index (χ1v) is 6.76. The maximum Gasteiger partial charge on any atom is 0.337 e. The number of primary amides is 1. The number of aromatic carboxylic acids is 1. The van der Waals surface area contributed by atoms with Crippen molar-refractivity contribution in [3.05, 3.63) is 71.4 Å². The Balaban J connectivity index is 2.00. The van der Waals surface area contributed by atoms with Crippen LogP contribution in [-0.2, 0) is 6.54 Å². The Kier molecular flexibility index (Phi) is 3.39. The number of rotatable bonds is 4. The van der Waals surface area contributed by atoms with E-state index >= 15 is 0 Å². The van der Waals surface area contributed by atoms with Crippen LogP contribution in [0.15, 0.2) is 54.7 Å². The smallest absolute Gasteiger partial charge is 0.337 e. The largest absolute Gasteiger partial charge is 0.478 e. The van der Waals surface area contributed by atoms with Crippen LogP contribution in [0.3, 0.4) is 0 Å². The second kappa shape index (κ2) is 5.37. The van der Waals surface area contributed by atoms with Crippen LogP contribution in [0.4, 0.5) is 0 Å². The standard InChI is InChI=1S/C17H14N2O3/c18-16(20)13-6-4-11(5-7-13)10-19-9-8-12-2-1-3-14(15(12)19)17(21)22/h1-9H,10H2,(H2,18,20)(H,21,22). The third kappa shape index (κ3) is 2.44. The van der Waals surface area contributed by atoms with E-state index in [2.05, 4.69) is 0 Å². The van der Waals surface area contributed by atoms with Crippen molar-refractivity contribution in [2.45, 2.75) is 6.54 Å². The van der Waals surface area contributed by atoms with Gasteiger partial charge in [0.15, 0.2) is 0 Å². The lowest BCUT2D eigenvalue weighted by atomic mass is 10.1. The highest BCUT2D eigenvalue weighted by atomic mass is 16.4. The lowest BCUT2D eigenvalue weighted by molar-refractivity contribution is 0.0698. The van der Waals surface area contributed by atoms with E-state index in [1.54, 1.807) is 24.3 Å². The SMILES string of the molecule is NC(=O)c1ccc(Cn2ccc3cccc(C(=O)O)c32)cc1. The topological polar surface area (TPSA) is 85.3 Å². The minimum absolute atomic E-state index is 0.274. The molecule has 0 unspecified atom stereocenters. The molecule has 110 valence electrons. The van der Waals surface area contributed by atoms with Gasteiger partial charge in [0.1, 0.15) is 0 Å². The Bertz CT molecular complexity index is 863. The van der Waals surface area contributed by atoms with Crippen LogP contribution in [0.5, 0.6) is 0 Å². The minimum atomic E-state index is -0.949. The third-order valence-electron chi connectivity index (χ3n) is 3.61. The molecule has 22 heavy (non-hydrogen) atoms. The van der Waals surface area contributed by atoms with Gasteiger partial charge in [-0.2, -0.15) is 0 Å². The van der Waals surface area contributed by atoms with Crippen LogP contribution in [-0.4, -0.2) is 21.6 Å². The quantitative estimate of drug-likeness (QED) is 0.775. The molecule has 3 N–H and O–H groups in total. The highest BCUT2D eigenvalue weighted by Gasteiger charge is 2.12. The molecular weight excluding hydrogens is 280 g/mol. The van der Waals surface area contributed by atoms with E-state index in [4.69, 9.17) is 5.73 Å². The summed E-state index contributed by atoms with van der Waals surface area (Å²) < 4.78 is 1.89. The van der Waals surface area contributed by atoms with Gasteiger partial charge in [-0.3, -0.25) is 4.79 Å². The van der Waals surface area contributed by atoms with Crippen LogP contribution in [0, 0.1) is 0 Å². The summed E-state index contributed by atoms with van der Waals surface area (Å²) in [7, 11) is 0. The third-order valence-corrected chi connectivity index (χ3v) is 3.61. The Morgan fingerprint density at radius 2 is 1.77 bits per heavy atom. The number of carbonyl (C=O) groups excluding carboxylic acids is 1. The number of carboxylic acids is 1. The Labute approximate surface area is 126 Å². The predicted octanol–water partition coefficient (Wildman–Crippen LogP) is 2.49. The first kappa shape index (κ1) is 13.9. The van der Waals surface area contributed by atoms with Gasteiger partial charge in [0.05, 0.1) is 11.1 Å². The maximum absolute atomic E-state index is 11.4. The van der Waals surface area contributed by atoms with Crippen LogP contribution in [0.1, 0.15) is 26.3 Å². The zero-order chi connectivity index (χ0) is 15.7. The van der Waals surface area contributed by atoms with Crippen LogP contribution in [0.2, 0.25) is 0 Å². The van der Waals surface area contributed by atoms with Crippen LogP contribution in [0.25, 0.3) is 10.9 Å². The minimum Gasteiger partial charge on any atom is -0.478 e. The summed E-state index contributed by atoms with van der Waals surface area (Å²) in [5.74, 6) is -1.42. The molecular formula is C17H14N2O3. The molecule has 0 saturated carbocycles. The first-order valence-electron chi connectivity index (χ1n) is 6.76. The summed E-state index contributed by atoms with van der Waals surface area (Å²) in [6, 6.07) is 14.1. The number of carboxylic acid groups (broad SMARTS) is 1. The van der Waals surface area contributed by atoms with Gasteiger partial charge in [0, 0.05) is 23.7 Å². The lowest BCUT2D eigenvalue weighted by Crippen LogP contribution is -2.10. The first-order chi connectivity index (χ1) is 10.6. The van der Waals surface area contributed by atoms with Gasteiger partial charge in [-0.1, -0.05) is 24.3 Å². The molecule has 1 amide bonds. The van der Waals surface area contributed by atoms with Crippen molar-refractivity contribution >= 4 is 22.8 Å². The van der Waals surface area contributed by atoms with Crippen molar-refractivity contribution in [3.8, 4) is 0 Å². The highest BCUT2D eigenvalue weighted by molar-refractivity contribution is 6.02. The molecule has 0 radical (unpaired) electrons. The van der Waals surface area contributed by atoms with Crippen molar-refractivity contribution in [2.75, 3.05) is 0 Å². The molecule has 3 aromatic rings. The predicted molar refractivity (Wildman–Crippen MR) is 83.0 cm³/mol. The van der Waals surface area contributed by atoms with Gasteiger partial charge < -0.3 is 15.4 Å². The fraction of sp³-hybridized carbons (Fsp3) is 0.0588. The fourth-order valence-electron chi connectivity index (χ4n) is 2.54. The average Bonchev–Trinajstić information content (AvgIpc) is 2.91. The number of para-hydroxylation sites is 1. The maximum atomic E-state index is 11.4. The average molecular weight is 294 g/mol. The molecule has 0 atom stereocenters. The molecule has 0 saturated heterocycles. The number of carbonyl (C=O) groups is 2. The van der Waals surface area contributed by atoms with E-state index < -0.39 is 11.9 Å². The van der Waals surface area contributed by atoms with Crippen molar-refractivity contribution in [2.24, 2.45) is 5.73 Å². The zero-order valence-corrected chi connectivity index (χ0v) is 11.7. The molecule has 0 aliphatic rings.